The van der Waals surface area contributed by atoms with Crippen LogP contribution in [0.25, 0.3) is 33.2 Å². The first-order valence-corrected chi connectivity index (χ1v) is 15.6. The average molecular weight is 759 g/mol. The minimum Gasteiger partial charge on any atom is -0.399 e. The SMILES string of the molecule is C.CC1CCCO1.CN.CNc1cc2[nH]c(=O)n(-c3ccc(N)cc3)c(=O)c2cc1F.Cl.Nc1ccc(-n2c(=O)[nH]c3cc(F)c(F)cc3c2=O)cc1. The van der Waals surface area contributed by atoms with Crippen LogP contribution in [0, 0.1) is 17.5 Å². The van der Waals surface area contributed by atoms with Crippen molar-refractivity contribution in [3.05, 3.63) is 132 Å². The van der Waals surface area contributed by atoms with Crippen molar-refractivity contribution in [3.8, 4) is 11.4 Å². The van der Waals surface area contributed by atoms with Crippen LogP contribution in [-0.2, 0) is 4.74 Å². The Morgan fingerprint density at radius 3 is 1.51 bits per heavy atom. The van der Waals surface area contributed by atoms with E-state index in [-0.39, 0.29) is 53.0 Å². The second kappa shape index (κ2) is 19.1. The maximum absolute atomic E-state index is 13.9. The predicted octanol–water partition coefficient (Wildman–Crippen LogP) is 4.80. The minimum absolute atomic E-state index is 0. The topological polar surface area (TPSA) is 209 Å². The number of H-pyrrole nitrogens is 2. The standard InChI is InChI=1S/C15H13FN4O2.C14H9F2N3O2.C5H10O.CH5N.CH4.ClH/c1-18-13-7-12-10(6-11(13)16)14(21)20(15(22)19-12)9-4-2-8(17)3-5-9;15-10-5-9-12(6-11(10)16)18-14(21)19(13(9)20)8-3-1-7(17)2-4-8;1-5-3-2-4-6-5;1-2;;/h2-7,18H,17H2,1H3,(H,19,22);1-6H,17H2,(H,18,21);5H,2-4H2,1H3;2H2,1H3;1H4;1H. The summed E-state index contributed by atoms with van der Waals surface area (Å²) in [4.78, 5) is 53.9. The highest BCUT2D eigenvalue weighted by Gasteiger charge is 2.14. The quantitative estimate of drug-likeness (QED) is 0.137. The Bertz CT molecular complexity index is 2390. The summed E-state index contributed by atoms with van der Waals surface area (Å²) in [7, 11) is 3.05. The van der Waals surface area contributed by atoms with E-state index >= 15 is 0 Å². The van der Waals surface area contributed by atoms with Gasteiger partial charge in [-0.1, -0.05) is 7.43 Å². The van der Waals surface area contributed by atoms with Gasteiger partial charge in [0.1, 0.15) is 5.82 Å². The molecule has 0 radical (unpaired) electrons. The van der Waals surface area contributed by atoms with Crippen molar-refractivity contribution in [2.75, 3.05) is 37.5 Å². The number of aromatic amines is 2. The fourth-order valence-corrected chi connectivity index (χ4v) is 5.09. The van der Waals surface area contributed by atoms with Crippen molar-refractivity contribution in [1.82, 2.24) is 19.1 Å². The van der Waals surface area contributed by atoms with Crippen molar-refractivity contribution >= 4 is 51.3 Å². The molecule has 0 bridgehead atoms. The lowest BCUT2D eigenvalue weighted by molar-refractivity contribution is 0.125. The third-order valence-corrected chi connectivity index (χ3v) is 7.65. The molecule has 2 aromatic heterocycles. The molecule has 1 atom stereocenters. The van der Waals surface area contributed by atoms with Gasteiger partial charge in [0.05, 0.1) is 45.0 Å². The maximum atomic E-state index is 13.9. The normalized spacial score (nSPS) is 12.8. The number of benzene rings is 4. The van der Waals surface area contributed by atoms with E-state index in [1.807, 2.05) is 0 Å². The smallest absolute Gasteiger partial charge is 0.333 e. The zero-order valence-corrected chi connectivity index (χ0v) is 29.2. The summed E-state index contributed by atoms with van der Waals surface area (Å²) in [6.45, 7) is 3.11. The summed E-state index contributed by atoms with van der Waals surface area (Å²) >= 11 is 0. The fraction of sp³-hybridized carbons (Fsp3) is 0.222. The first-order valence-electron chi connectivity index (χ1n) is 15.6. The van der Waals surface area contributed by atoms with Crippen LogP contribution >= 0.6 is 12.4 Å². The van der Waals surface area contributed by atoms with E-state index in [2.05, 4.69) is 27.9 Å². The molecule has 6 aromatic rings. The Kier molecular flexibility index (Phi) is 15.6. The molecule has 0 saturated carbocycles. The van der Waals surface area contributed by atoms with Gasteiger partial charge in [0.25, 0.3) is 11.1 Å². The lowest BCUT2D eigenvalue weighted by Gasteiger charge is -2.08. The number of rotatable bonds is 3. The van der Waals surface area contributed by atoms with Gasteiger partial charge in [-0.3, -0.25) is 9.59 Å². The predicted molar refractivity (Wildman–Crippen MR) is 207 cm³/mol. The van der Waals surface area contributed by atoms with Crippen LogP contribution in [0.15, 0.2) is 92.0 Å². The number of anilines is 3. The molecule has 1 fully saturated rings. The van der Waals surface area contributed by atoms with Gasteiger partial charge in [-0.05, 0) is 93.5 Å². The number of nitrogens with one attached hydrogen (secondary N) is 3. The number of nitrogens with zero attached hydrogens (tertiary/aromatic N) is 2. The molecule has 4 aromatic carbocycles. The molecular formula is C36H42ClF3N8O5. The first kappa shape index (κ1) is 43.3. The zero-order chi connectivity index (χ0) is 37.4. The van der Waals surface area contributed by atoms with Gasteiger partial charge in [0.2, 0.25) is 0 Å². The van der Waals surface area contributed by atoms with Gasteiger partial charge < -0.3 is 37.2 Å². The third-order valence-electron chi connectivity index (χ3n) is 7.65. The van der Waals surface area contributed by atoms with Gasteiger partial charge in [0, 0.05) is 31.1 Å². The van der Waals surface area contributed by atoms with Crippen molar-refractivity contribution in [2.24, 2.45) is 5.73 Å². The fourth-order valence-electron chi connectivity index (χ4n) is 5.09. The Labute approximate surface area is 307 Å². The lowest BCUT2D eigenvalue weighted by atomic mass is 10.2. The monoisotopic (exact) mass is 758 g/mol. The van der Waals surface area contributed by atoms with Crippen LogP contribution in [0.3, 0.4) is 0 Å². The maximum Gasteiger partial charge on any atom is 0.333 e. The van der Waals surface area contributed by atoms with Crippen LogP contribution in [0.4, 0.5) is 30.2 Å². The second-order valence-corrected chi connectivity index (χ2v) is 11.1. The number of ether oxygens (including phenoxy) is 1. The number of aromatic nitrogens is 4. The van der Waals surface area contributed by atoms with Crippen molar-refractivity contribution < 1.29 is 17.9 Å². The molecule has 0 spiro atoms. The van der Waals surface area contributed by atoms with Gasteiger partial charge in [-0.15, -0.1) is 12.4 Å². The number of nitrogens with two attached hydrogens (primary N) is 3. The number of hydrogen-bond acceptors (Lipinski definition) is 9. The molecule has 0 aliphatic carbocycles. The van der Waals surface area contributed by atoms with Crippen LogP contribution in [0.5, 0.6) is 0 Å². The summed E-state index contributed by atoms with van der Waals surface area (Å²) in [5, 5.41) is 2.63. The Morgan fingerprint density at radius 2 is 1.13 bits per heavy atom. The third kappa shape index (κ3) is 9.94. The molecule has 1 saturated heterocycles. The molecule has 7 rings (SSSR count). The molecule has 13 nitrogen and oxygen atoms in total. The van der Waals surface area contributed by atoms with E-state index in [1.165, 1.54) is 50.2 Å². The number of nitrogen functional groups attached to an aromatic ring is 2. The zero-order valence-electron chi connectivity index (χ0n) is 28.3. The highest BCUT2D eigenvalue weighted by Crippen LogP contribution is 2.19. The van der Waals surface area contributed by atoms with Crippen LogP contribution in [-0.4, -0.2) is 45.9 Å². The highest BCUT2D eigenvalue weighted by atomic mass is 35.5. The number of fused-ring (bicyclic) bond motifs is 2. The molecule has 53 heavy (non-hydrogen) atoms. The summed E-state index contributed by atoms with van der Waals surface area (Å²) in [6.07, 6.45) is 3.08. The number of hydrogen-bond donors (Lipinski definition) is 6. The van der Waals surface area contributed by atoms with Crippen LogP contribution < -0.4 is 45.0 Å². The molecule has 1 aliphatic heterocycles. The van der Waals surface area contributed by atoms with Crippen LogP contribution in [0.1, 0.15) is 27.2 Å². The summed E-state index contributed by atoms with van der Waals surface area (Å²) in [6, 6.07) is 16.3. The van der Waals surface area contributed by atoms with Crippen molar-refractivity contribution in [3.63, 3.8) is 0 Å². The van der Waals surface area contributed by atoms with Gasteiger partial charge in [0.15, 0.2) is 11.6 Å². The first-order chi connectivity index (χ1) is 24.4. The van der Waals surface area contributed by atoms with Crippen molar-refractivity contribution in [2.45, 2.75) is 33.3 Å². The van der Waals surface area contributed by atoms with Crippen molar-refractivity contribution in [1.29, 1.82) is 0 Å². The summed E-state index contributed by atoms with van der Waals surface area (Å²) in [5.74, 6) is -2.86. The molecule has 1 aliphatic rings. The van der Waals surface area contributed by atoms with Gasteiger partial charge >= 0.3 is 11.4 Å². The summed E-state index contributed by atoms with van der Waals surface area (Å²) in [5.41, 5.74) is 15.0. The Hall–Kier alpha value is -5.84. The molecule has 1 unspecified atom stereocenters. The van der Waals surface area contributed by atoms with E-state index in [4.69, 9.17) is 16.2 Å². The molecule has 284 valence electrons. The highest BCUT2D eigenvalue weighted by molar-refractivity contribution is 5.85. The largest absolute Gasteiger partial charge is 0.399 e. The molecule has 0 amide bonds. The van der Waals surface area contributed by atoms with E-state index in [0.717, 1.165) is 33.9 Å². The Balaban J connectivity index is 0.000000295. The van der Waals surface area contributed by atoms with E-state index in [1.54, 1.807) is 31.3 Å². The summed E-state index contributed by atoms with van der Waals surface area (Å²) < 4.78 is 47.2. The Morgan fingerprint density at radius 1 is 0.717 bits per heavy atom. The molecule has 17 heteroatoms. The second-order valence-electron chi connectivity index (χ2n) is 11.1. The van der Waals surface area contributed by atoms with Gasteiger partial charge in [-0.2, -0.15) is 0 Å². The van der Waals surface area contributed by atoms with Crippen LogP contribution in [0.2, 0.25) is 0 Å². The average Bonchev–Trinajstić information content (AvgIpc) is 3.60. The molecule has 9 N–H and O–H groups in total. The van der Waals surface area contributed by atoms with E-state index in [0.29, 0.717) is 23.2 Å². The lowest BCUT2D eigenvalue weighted by Crippen LogP contribution is -2.33. The molecule has 3 heterocycles. The van der Waals surface area contributed by atoms with E-state index < -0.39 is 39.9 Å². The number of halogens is 4. The minimum atomic E-state index is -1.16. The van der Waals surface area contributed by atoms with Gasteiger partial charge in [-0.25, -0.2) is 31.9 Å². The van der Waals surface area contributed by atoms with E-state index in [9.17, 15) is 32.3 Å². The molecular weight excluding hydrogens is 717 g/mol.